The Bertz CT molecular complexity index is 911. The van der Waals surface area contributed by atoms with Crippen LogP contribution in [0.3, 0.4) is 0 Å². The summed E-state index contributed by atoms with van der Waals surface area (Å²) < 4.78 is 1.88. The van der Waals surface area contributed by atoms with Crippen LogP contribution in [0.25, 0.3) is 5.65 Å². The lowest BCUT2D eigenvalue weighted by Crippen LogP contribution is -2.49. The standard InChI is InChI=1S/C20H23N5O/c21-18-6-2-1-4-16(18)7-10-23-12-14-25(15-13-23)20(26)17-5-3-9-24-11-8-22-19(17)24/h1-6,8-9,11H,7,10,12-15,21H2. The third-order valence-electron chi connectivity index (χ3n) is 5.06. The fourth-order valence-corrected chi connectivity index (χ4v) is 3.50. The first kappa shape index (κ1) is 16.6. The number of hydrogen-bond donors (Lipinski definition) is 1. The summed E-state index contributed by atoms with van der Waals surface area (Å²) in [6, 6.07) is 11.8. The predicted octanol–water partition coefficient (Wildman–Crippen LogP) is 1.92. The molecule has 0 atom stereocenters. The van der Waals surface area contributed by atoms with Crippen molar-refractivity contribution in [1.82, 2.24) is 19.2 Å². The Balaban J connectivity index is 1.35. The van der Waals surface area contributed by atoms with E-state index in [1.807, 2.05) is 52.0 Å². The number of fused-ring (bicyclic) bond motifs is 1. The van der Waals surface area contributed by atoms with E-state index in [2.05, 4.69) is 16.0 Å². The molecule has 0 bridgehead atoms. The largest absolute Gasteiger partial charge is 0.399 e. The zero-order chi connectivity index (χ0) is 17.9. The van der Waals surface area contributed by atoms with Crippen molar-refractivity contribution in [3.8, 4) is 0 Å². The van der Waals surface area contributed by atoms with E-state index in [0.717, 1.165) is 50.5 Å². The Kier molecular flexibility index (Phi) is 4.58. The number of aromatic nitrogens is 2. The van der Waals surface area contributed by atoms with E-state index >= 15 is 0 Å². The number of hydrogen-bond acceptors (Lipinski definition) is 4. The minimum absolute atomic E-state index is 0.0637. The Hall–Kier alpha value is -2.86. The van der Waals surface area contributed by atoms with Crippen LogP contribution >= 0.6 is 0 Å². The van der Waals surface area contributed by atoms with Gasteiger partial charge in [-0.25, -0.2) is 4.98 Å². The molecule has 1 aliphatic rings. The molecule has 2 aromatic heterocycles. The highest BCUT2D eigenvalue weighted by Gasteiger charge is 2.23. The van der Waals surface area contributed by atoms with Crippen molar-refractivity contribution in [3.63, 3.8) is 0 Å². The number of nitrogens with two attached hydrogens (primary N) is 1. The van der Waals surface area contributed by atoms with Gasteiger partial charge in [0.25, 0.3) is 5.91 Å². The Morgan fingerprint density at radius 3 is 2.65 bits per heavy atom. The molecule has 3 aromatic rings. The molecular formula is C20H23N5O. The quantitative estimate of drug-likeness (QED) is 0.731. The summed E-state index contributed by atoms with van der Waals surface area (Å²) in [5.74, 6) is 0.0637. The number of benzene rings is 1. The number of carbonyl (C=O) groups excluding carboxylic acids is 1. The number of nitrogens with zero attached hydrogens (tertiary/aromatic N) is 4. The monoisotopic (exact) mass is 349 g/mol. The molecule has 0 unspecified atom stereocenters. The molecular weight excluding hydrogens is 326 g/mol. The summed E-state index contributed by atoms with van der Waals surface area (Å²) in [5.41, 5.74) is 9.46. The molecule has 1 aromatic carbocycles. The zero-order valence-corrected chi connectivity index (χ0v) is 14.7. The summed E-state index contributed by atoms with van der Waals surface area (Å²) in [5, 5.41) is 0. The van der Waals surface area contributed by atoms with E-state index in [-0.39, 0.29) is 5.91 Å². The second-order valence-corrected chi connectivity index (χ2v) is 6.66. The van der Waals surface area contributed by atoms with Gasteiger partial charge in [0.05, 0.1) is 5.56 Å². The van der Waals surface area contributed by atoms with Gasteiger partial charge in [-0.1, -0.05) is 18.2 Å². The van der Waals surface area contributed by atoms with E-state index in [9.17, 15) is 4.79 Å². The van der Waals surface area contributed by atoms with Crippen LogP contribution < -0.4 is 5.73 Å². The SMILES string of the molecule is Nc1ccccc1CCN1CCN(C(=O)c2cccn3ccnc23)CC1. The third kappa shape index (κ3) is 3.28. The lowest BCUT2D eigenvalue weighted by atomic mass is 10.1. The normalized spacial score (nSPS) is 15.5. The van der Waals surface area contributed by atoms with Crippen LogP contribution in [0.2, 0.25) is 0 Å². The number of para-hydroxylation sites is 1. The van der Waals surface area contributed by atoms with Crippen molar-refractivity contribution < 1.29 is 4.79 Å². The van der Waals surface area contributed by atoms with Gasteiger partial charge in [-0.05, 0) is 30.2 Å². The predicted molar refractivity (Wildman–Crippen MR) is 102 cm³/mol. The van der Waals surface area contributed by atoms with Gasteiger partial charge in [-0.15, -0.1) is 0 Å². The Morgan fingerprint density at radius 2 is 1.85 bits per heavy atom. The highest BCUT2D eigenvalue weighted by molar-refractivity contribution is 5.99. The van der Waals surface area contributed by atoms with Gasteiger partial charge >= 0.3 is 0 Å². The smallest absolute Gasteiger partial charge is 0.257 e. The van der Waals surface area contributed by atoms with Gasteiger partial charge in [0.15, 0.2) is 0 Å². The number of pyridine rings is 1. The minimum atomic E-state index is 0.0637. The van der Waals surface area contributed by atoms with Crippen molar-refractivity contribution in [2.75, 3.05) is 38.5 Å². The molecule has 2 N–H and O–H groups in total. The van der Waals surface area contributed by atoms with E-state index in [1.165, 1.54) is 5.56 Å². The lowest BCUT2D eigenvalue weighted by Gasteiger charge is -2.34. The van der Waals surface area contributed by atoms with Crippen molar-refractivity contribution in [3.05, 3.63) is 66.1 Å². The van der Waals surface area contributed by atoms with Gasteiger partial charge in [-0.3, -0.25) is 9.69 Å². The number of amides is 1. The second-order valence-electron chi connectivity index (χ2n) is 6.66. The number of nitrogen functional groups attached to an aromatic ring is 1. The summed E-state index contributed by atoms with van der Waals surface area (Å²) in [6.07, 6.45) is 6.43. The van der Waals surface area contributed by atoms with Crippen molar-refractivity contribution in [2.24, 2.45) is 0 Å². The van der Waals surface area contributed by atoms with E-state index in [4.69, 9.17) is 5.73 Å². The third-order valence-corrected chi connectivity index (χ3v) is 5.06. The molecule has 0 spiro atoms. The molecule has 4 rings (SSSR count). The van der Waals surface area contributed by atoms with Crippen molar-refractivity contribution in [2.45, 2.75) is 6.42 Å². The molecule has 6 nitrogen and oxygen atoms in total. The molecule has 0 aliphatic carbocycles. The lowest BCUT2D eigenvalue weighted by molar-refractivity contribution is 0.0640. The molecule has 134 valence electrons. The van der Waals surface area contributed by atoms with Crippen molar-refractivity contribution in [1.29, 1.82) is 0 Å². The number of imidazole rings is 1. The van der Waals surface area contributed by atoms with Crippen LogP contribution in [-0.2, 0) is 6.42 Å². The topological polar surface area (TPSA) is 66.9 Å². The first-order chi connectivity index (χ1) is 12.7. The fourth-order valence-electron chi connectivity index (χ4n) is 3.50. The molecule has 0 radical (unpaired) electrons. The molecule has 0 saturated carbocycles. The molecule has 1 saturated heterocycles. The number of anilines is 1. The molecule has 1 aliphatic heterocycles. The molecule has 6 heteroatoms. The van der Waals surface area contributed by atoms with Crippen LogP contribution in [0.5, 0.6) is 0 Å². The van der Waals surface area contributed by atoms with Crippen LogP contribution in [0, 0.1) is 0 Å². The van der Waals surface area contributed by atoms with E-state index in [1.54, 1.807) is 6.20 Å². The van der Waals surface area contributed by atoms with Gasteiger partial charge in [0, 0.05) is 57.0 Å². The highest BCUT2D eigenvalue weighted by Crippen LogP contribution is 2.15. The van der Waals surface area contributed by atoms with Crippen LogP contribution in [0.1, 0.15) is 15.9 Å². The fraction of sp³-hybridized carbons (Fsp3) is 0.300. The van der Waals surface area contributed by atoms with Crippen molar-refractivity contribution >= 4 is 17.2 Å². The Labute approximate surface area is 152 Å². The number of piperazine rings is 1. The van der Waals surface area contributed by atoms with E-state index < -0.39 is 0 Å². The molecule has 26 heavy (non-hydrogen) atoms. The maximum absolute atomic E-state index is 12.9. The number of carbonyl (C=O) groups is 1. The highest BCUT2D eigenvalue weighted by atomic mass is 16.2. The maximum atomic E-state index is 12.9. The average molecular weight is 349 g/mol. The van der Waals surface area contributed by atoms with Gasteiger partial charge in [0.2, 0.25) is 0 Å². The zero-order valence-electron chi connectivity index (χ0n) is 14.7. The Morgan fingerprint density at radius 1 is 1.04 bits per heavy atom. The van der Waals surface area contributed by atoms with Crippen LogP contribution in [-0.4, -0.2) is 57.8 Å². The summed E-state index contributed by atoms with van der Waals surface area (Å²) >= 11 is 0. The molecule has 1 amide bonds. The molecule has 1 fully saturated rings. The van der Waals surface area contributed by atoms with Crippen LogP contribution in [0.4, 0.5) is 5.69 Å². The molecule has 3 heterocycles. The van der Waals surface area contributed by atoms with E-state index in [0.29, 0.717) is 5.56 Å². The first-order valence-electron chi connectivity index (χ1n) is 8.99. The second kappa shape index (κ2) is 7.17. The summed E-state index contributed by atoms with van der Waals surface area (Å²) in [4.78, 5) is 21.5. The van der Waals surface area contributed by atoms with Crippen LogP contribution in [0.15, 0.2) is 55.0 Å². The van der Waals surface area contributed by atoms with Gasteiger partial charge in [-0.2, -0.15) is 0 Å². The average Bonchev–Trinajstić information content (AvgIpc) is 3.16. The van der Waals surface area contributed by atoms with Gasteiger partial charge in [0.1, 0.15) is 5.65 Å². The number of rotatable bonds is 4. The summed E-state index contributed by atoms with van der Waals surface area (Å²) in [7, 11) is 0. The van der Waals surface area contributed by atoms with Gasteiger partial charge < -0.3 is 15.0 Å². The minimum Gasteiger partial charge on any atom is -0.399 e. The first-order valence-corrected chi connectivity index (χ1v) is 8.99. The maximum Gasteiger partial charge on any atom is 0.257 e. The summed E-state index contributed by atoms with van der Waals surface area (Å²) in [6.45, 7) is 4.22.